The highest BCUT2D eigenvalue weighted by atomic mass is 35.5. The second-order valence-corrected chi connectivity index (χ2v) is 6.23. The Labute approximate surface area is 121 Å². The summed E-state index contributed by atoms with van der Waals surface area (Å²) in [4.78, 5) is 1.14. The molecule has 3 rings (SSSR count). The third-order valence-corrected chi connectivity index (χ3v) is 4.65. The van der Waals surface area contributed by atoms with Crippen molar-refractivity contribution in [2.24, 2.45) is 5.92 Å². The van der Waals surface area contributed by atoms with Crippen LogP contribution in [0.1, 0.15) is 22.7 Å². The molecule has 2 unspecified atom stereocenters. The SMILES string of the molecule is CC1COc2ccc(C(Cl)c3cccs3)cc2OC1. The van der Waals surface area contributed by atoms with Gasteiger partial charge < -0.3 is 9.47 Å². The van der Waals surface area contributed by atoms with Crippen molar-refractivity contribution < 1.29 is 9.47 Å². The largest absolute Gasteiger partial charge is 0.489 e. The monoisotopic (exact) mass is 294 g/mol. The minimum Gasteiger partial charge on any atom is -0.489 e. The maximum absolute atomic E-state index is 6.50. The number of fused-ring (bicyclic) bond motifs is 1. The summed E-state index contributed by atoms with van der Waals surface area (Å²) < 4.78 is 11.5. The number of alkyl halides is 1. The molecule has 19 heavy (non-hydrogen) atoms. The molecule has 0 fully saturated rings. The predicted octanol–water partition coefficient (Wildman–Crippen LogP) is 4.48. The van der Waals surface area contributed by atoms with Gasteiger partial charge in [0.25, 0.3) is 0 Å². The second-order valence-electron chi connectivity index (χ2n) is 4.81. The van der Waals surface area contributed by atoms with Gasteiger partial charge in [0, 0.05) is 10.8 Å². The Bertz CT molecular complexity index is 553. The van der Waals surface area contributed by atoms with E-state index in [0.717, 1.165) is 21.9 Å². The van der Waals surface area contributed by atoms with E-state index in [9.17, 15) is 0 Å². The van der Waals surface area contributed by atoms with E-state index in [-0.39, 0.29) is 5.38 Å². The number of thiophene rings is 1. The molecule has 4 heteroatoms. The lowest BCUT2D eigenvalue weighted by Gasteiger charge is -2.12. The summed E-state index contributed by atoms with van der Waals surface area (Å²) >= 11 is 8.16. The minimum atomic E-state index is -0.130. The van der Waals surface area contributed by atoms with Crippen molar-refractivity contribution in [2.45, 2.75) is 12.3 Å². The Morgan fingerprint density at radius 3 is 2.74 bits per heavy atom. The van der Waals surface area contributed by atoms with Crippen LogP contribution in [0.15, 0.2) is 35.7 Å². The van der Waals surface area contributed by atoms with Crippen LogP contribution in [0, 0.1) is 5.92 Å². The number of halogens is 1. The topological polar surface area (TPSA) is 18.5 Å². The van der Waals surface area contributed by atoms with Gasteiger partial charge in [-0.3, -0.25) is 0 Å². The van der Waals surface area contributed by atoms with E-state index in [4.69, 9.17) is 21.1 Å². The average Bonchev–Trinajstić information content (AvgIpc) is 2.90. The van der Waals surface area contributed by atoms with Crippen molar-refractivity contribution >= 4 is 22.9 Å². The molecule has 2 nitrogen and oxygen atoms in total. The Hall–Kier alpha value is -1.19. The molecule has 0 saturated heterocycles. The van der Waals surface area contributed by atoms with Gasteiger partial charge in [-0.1, -0.05) is 19.1 Å². The number of hydrogen-bond acceptors (Lipinski definition) is 3. The lowest BCUT2D eigenvalue weighted by molar-refractivity contribution is 0.228. The molecule has 0 spiro atoms. The number of hydrogen-bond donors (Lipinski definition) is 0. The summed E-state index contributed by atoms with van der Waals surface area (Å²) in [5, 5.41) is 1.91. The fourth-order valence-corrected chi connectivity index (χ4v) is 3.12. The predicted molar refractivity (Wildman–Crippen MR) is 78.6 cm³/mol. The van der Waals surface area contributed by atoms with Crippen molar-refractivity contribution in [1.29, 1.82) is 0 Å². The quantitative estimate of drug-likeness (QED) is 0.760. The first-order valence-corrected chi connectivity index (χ1v) is 7.62. The number of ether oxygens (including phenoxy) is 2. The van der Waals surface area contributed by atoms with Crippen LogP contribution >= 0.6 is 22.9 Å². The molecule has 1 aliphatic rings. The van der Waals surface area contributed by atoms with E-state index in [1.165, 1.54) is 0 Å². The molecular weight excluding hydrogens is 280 g/mol. The van der Waals surface area contributed by atoms with Gasteiger partial charge in [-0.25, -0.2) is 0 Å². The third kappa shape index (κ3) is 2.72. The van der Waals surface area contributed by atoms with Crippen LogP contribution in [0.3, 0.4) is 0 Å². The number of benzene rings is 1. The smallest absolute Gasteiger partial charge is 0.161 e. The average molecular weight is 295 g/mol. The normalized spacial score (nSPS) is 19.8. The van der Waals surface area contributed by atoms with Crippen LogP contribution in [-0.2, 0) is 0 Å². The van der Waals surface area contributed by atoms with Crippen LogP contribution in [0.4, 0.5) is 0 Å². The van der Waals surface area contributed by atoms with Crippen LogP contribution in [0.2, 0.25) is 0 Å². The highest BCUT2D eigenvalue weighted by Gasteiger charge is 2.18. The molecule has 0 saturated carbocycles. The maximum Gasteiger partial charge on any atom is 0.161 e. The van der Waals surface area contributed by atoms with Gasteiger partial charge in [-0.05, 0) is 29.1 Å². The molecule has 0 N–H and O–H groups in total. The van der Waals surface area contributed by atoms with Crippen LogP contribution in [0.25, 0.3) is 0 Å². The molecule has 0 aliphatic carbocycles. The van der Waals surface area contributed by atoms with E-state index in [2.05, 4.69) is 6.92 Å². The van der Waals surface area contributed by atoms with Crippen molar-refractivity contribution in [1.82, 2.24) is 0 Å². The van der Waals surface area contributed by atoms with Crippen molar-refractivity contribution in [3.05, 3.63) is 46.2 Å². The van der Waals surface area contributed by atoms with Crippen molar-refractivity contribution in [2.75, 3.05) is 13.2 Å². The second kappa shape index (κ2) is 5.43. The van der Waals surface area contributed by atoms with Gasteiger partial charge in [0.05, 0.1) is 18.6 Å². The zero-order chi connectivity index (χ0) is 13.2. The molecule has 2 heterocycles. The first kappa shape index (κ1) is 12.8. The molecule has 100 valence electrons. The van der Waals surface area contributed by atoms with Crippen LogP contribution in [-0.4, -0.2) is 13.2 Å². The lowest BCUT2D eigenvalue weighted by Crippen LogP contribution is -2.12. The summed E-state index contributed by atoms with van der Waals surface area (Å²) in [6.45, 7) is 3.49. The van der Waals surface area contributed by atoms with E-state index < -0.39 is 0 Å². The highest BCUT2D eigenvalue weighted by Crippen LogP contribution is 2.38. The standard InChI is InChI=1S/C15H15ClO2S/c1-10-8-17-12-5-4-11(7-13(12)18-9-10)15(16)14-3-2-6-19-14/h2-7,10,15H,8-9H2,1H3. The zero-order valence-electron chi connectivity index (χ0n) is 10.6. The molecule has 2 atom stereocenters. The van der Waals surface area contributed by atoms with Gasteiger partial charge in [-0.2, -0.15) is 0 Å². The maximum atomic E-state index is 6.50. The Kier molecular flexibility index (Phi) is 3.67. The summed E-state index contributed by atoms with van der Waals surface area (Å²) in [6, 6.07) is 10.0. The van der Waals surface area contributed by atoms with E-state index in [1.807, 2.05) is 35.7 Å². The van der Waals surface area contributed by atoms with Gasteiger partial charge >= 0.3 is 0 Å². The zero-order valence-corrected chi connectivity index (χ0v) is 12.2. The molecule has 2 aromatic rings. The lowest BCUT2D eigenvalue weighted by atomic mass is 10.1. The van der Waals surface area contributed by atoms with E-state index >= 15 is 0 Å². The number of rotatable bonds is 2. The third-order valence-electron chi connectivity index (χ3n) is 3.10. The molecule has 1 aliphatic heterocycles. The fourth-order valence-electron chi connectivity index (χ4n) is 2.03. The summed E-state index contributed by atoms with van der Waals surface area (Å²) in [7, 11) is 0. The van der Waals surface area contributed by atoms with Crippen LogP contribution < -0.4 is 9.47 Å². The van der Waals surface area contributed by atoms with Gasteiger partial charge in [-0.15, -0.1) is 22.9 Å². The van der Waals surface area contributed by atoms with Crippen molar-refractivity contribution in [3.63, 3.8) is 0 Å². The first-order valence-electron chi connectivity index (χ1n) is 6.31. The summed E-state index contributed by atoms with van der Waals surface area (Å²) in [6.07, 6.45) is 0. The Morgan fingerprint density at radius 1 is 1.21 bits per heavy atom. The molecular formula is C15H15ClO2S. The Balaban J connectivity index is 1.89. The molecule has 0 radical (unpaired) electrons. The summed E-state index contributed by atoms with van der Waals surface area (Å²) in [5.41, 5.74) is 1.04. The molecule has 1 aromatic heterocycles. The Morgan fingerprint density at radius 2 is 2.00 bits per heavy atom. The van der Waals surface area contributed by atoms with Gasteiger partial charge in [0.15, 0.2) is 11.5 Å². The van der Waals surface area contributed by atoms with Gasteiger partial charge in [0.1, 0.15) is 0 Å². The van der Waals surface area contributed by atoms with Crippen LogP contribution in [0.5, 0.6) is 11.5 Å². The highest BCUT2D eigenvalue weighted by molar-refractivity contribution is 7.10. The molecule has 0 amide bonds. The summed E-state index contributed by atoms with van der Waals surface area (Å²) in [5.74, 6) is 2.01. The van der Waals surface area contributed by atoms with E-state index in [1.54, 1.807) is 11.3 Å². The van der Waals surface area contributed by atoms with Crippen molar-refractivity contribution in [3.8, 4) is 11.5 Å². The molecule has 0 bridgehead atoms. The molecule has 1 aromatic carbocycles. The minimum absolute atomic E-state index is 0.130. The first-order chi connectivity index (χ1) is 9.24. The fraction of sp³-hybridized carbons (Fsp3) is 0.333. The van der Waals surface area contributed by atoms with Gasteiger partial charge in [0.2, 0.25) is 0 Å². The van der Waals surface area contributed by atoms with E-state index in [0.29, 0.717) is 19.1 Å².